The fourth-order valence-corrected chi connectivity index (χ4v) is 2.20. The maximum Gasteiger partial charge on any atom is 0.162 e. The average molecular weight is 207 g/mol. The quantitative estimate of drug-likeness (QED) is 0.581. The molecule has 2 heterocycles. The minimum absolute atomic E-state index is 0.949. The van der Waals surface area contributed by atoms with Gasteiger partial charge >= 0.3 is 0 Å². The molecule has 4 rings (SSSR count). The molecule has 3 heteroatoms. The van der Waals surface area contributed by atoms with Crippen LogP contribution in [0.1, 0.15) is 0 Å². The molecule has 0 atom stereocenters. The van der Waals surface area contributed by atoms with E-state index in [1.807, 2.05) is 0 Å². The van der Waals surface area contributed by atoms with E-state index in [1.54, 1.807) is 0 Å². The number of hydrogen-bond acceptors (Lipinski definition) is 2. The maximum absolute atomic E-state index is 4.18. The second-order valence-corrected chi connectivity index (χ2v) is 4.01. The summed E-state index contributed by atoms with van der Waals surface area (Å²) >= 11 is 0. The molecule has 1 aromatic heterocycles. The van der Waals surface area contributed by atoms with Crippen molar-refractivity contribution in [2.45, 2.75) is 0 Å². The Bertz CT molecular complexity index is 825. The summed E-state index contributed by atoms with van der Waals surface area (Å²) in [5, 5.41) is 15.2. The average Bonchev–Trinajstić information content (AvgIpc) is 2.56. The van der Waals surface area contributed by atoms with Crippen LogP contribution in [0.3, 0.4) is 0 Å². The summed E-state index contributed by atoms with van der Waals surface area (Å²) in [4.78, 5) is 0. The molecule has 0 unspecified atom stereocenters. The van der Waals surface area contributed by atoms with Gasteiger partial charge in [-0.05, 0) is 22.6 Å². The van der Waals surface area contributed by atoms with Gasteiger partial charge in [0.2, 0.25) is 0 Å². The van der Waals surface area contributed by atoms with E-state index in [1.165, 1.54) is 15.7 Å². The summed E-state index contributed by atoms with van der Waals surface area (Å²) in [5.74, 6) is 0.949. The van der Waals surface area contributed by atoms with Gasteiger partial charge in [0.05, 0.1) is 16.3 Å². The lowest BCUT2D eigenvalue weighted by Crippen LogP contribution is -2.38. The third kappa shape index (κ3) is 0.896. The Kier molecular flexibility index (Phi) is 1.31. The molecule has 0 radical (unpaired) electrons. The molecule has 16 heavy (non-hydrogen) atoms. The fourth-order valence-electron chi connectivity index (χ4n) is 2.20. The SMILES string of the molecule is C1=c2/cccc/c2=C/C2=c3c(n[nH]/c3=C/1)N2. The lowest BCUT2D eigenvalue weighted by Gasteiger charge is -2.13. The first-order chi connectivity index (χ1) is 7.92. The molecule has 0 fully saturated rings. The van der Waals surface area contributed by atoms with Crippen LogP contribution in [0.4, 0.5) is 5.82 Å². The Morgan fingerprint density at radius 2 is 1.88 bits per heavy atom. The largest absolute Gasteiger partial charge is 0.337 e. The predicted molar refractivity (Wildman–Crippen MR) is 64.0 cm³/mol. The molecular weight excluding hydrogens is 198 g/mol. The zero-order valence-corrected chi connectivity index (χ0v) is 8.49. The van der Waals surface area contributed by atoms with Crippen LogP contribution < -0.4 is 26.3 Å². The molecule has 2 aromatic rings. The molecule has 0 amide bonds. The van der Waals surface area contributed by atoms with E-state index >= 15 is 0 Å². The lowest BCUT2D eigenvalue weighted by molar-refractivity contribution is 1.07. The van der Waals surface area contributed by atoms with Gasteiger partial charge in [-0.25, -0.2) is 0 Å². The summed E-state index contributed by atoms with van der Waals surface area (Å²) in [6, 6.07) is 8.35. The van der Waals surface area contributed by atoms with Crippen molar-refractivity contribution < 1.29 is 0 Å². The number of aromatic nitrogens is 2. The van der Waals surface area contributed by atoms with Gasteiger partial charge in [-0.15, -0.1) is 0 Å². The van der Waals surface area contributed by atoms with Gasteiger partial charge < -0.3 is 5.32 Å². The summed E-state index contributed by atoms with van der Waals surface area (Å²) in [6.45, 7) is 0. The highest BCUT2D eigenvalue weighted by Gasteiger charge is 2.15. The smallest absolute Gasteiger partial charge is 0.162 e. The van der Waals surface area contributed by atoms with Crippen molar-refractivity contribution in [3.05, 3.63) is 45.3 Å². The summed E-state index contributed by atoms with van der Waals surface area (Å²) in [7, 11) is 0. The Balaban J connectivity index is 2.25. The number of aromatic amines is 1. The molecule has 0 bridgehead atoms. The van der Waals surface area contributed by atoms with Gasteiger partial charge in [0, 0.05) is 0 Å². The molecule has 76 valence electrons. The Hall–Kier alpha value is -2.29. The predicted octanol–water partition coefficient (Wildman–Crippen LogP) is -1.00. The van der Waals surface area contributed by atoms with Crippen LogP contribution >= 0.6 is 0 Å². The van der Waals surface area contributed by atoms with Gasteiger partial charge in [0.15, 0.2) is 5.82 Å². The molecule has 1 aliphatic carbocycles. The van der Waals surface area contributed by atoms with Crippen molar-refractivity contribution in [2.24, 2.45) is 0 Å². The van der Waals surface area contributed by atoms with E-state index in [0.29, 0.717) is 0 Å². The minimum Gasteiger partial charge on any atom is -0.337 e. The molecule has 2 N–H and O–H groups in total. The van der Waals surface area contributed by atoms with Crippen molar-refractivity contribution in [2.75, 3.05) is 5.32 Å². The molecule has 1 aromatic carbocycles. The first-order valence-corrected chi connectivity index (χ1v) is 5.26. The second kappa shape index (κ2) is 2.64. The van der Waals surface area contributed by atoms with Crippen LogP contribution in [0.15, 0.2) is 24.3 Å². The zero-order valence-electron chi connectivity index (χ0n) is 8.49. The highest BCUT2D eigenvalue weighted by Crippen LogP contribution is 2.09. The highest BCUT2D eigenvalue weighted by atomic mass is 15.2. The number of anilines is 1. The molecule has 2 aliphatic rings. The summed E-state index contributed by atoms with van der Waals surface area (Å²) in [6.07, 6.45) is 6.37. The molecule has 0 spiro atoms. The van der Waals surface area contributed by atoms with Crippen LogP contribution in [0.25, 0.3) is 23.9 Å². The van der Waals surface area contributed by atoms with Gasteiger partial charge in [0.1, 0.15) is 0 Å². The monoisotopic (exact) mass is 207 g/mol. The molecule has 3 nitrogen and oxygen atoms in total. The van der Waals surface area contributed by atoms with E-state index in [4.69, 9.17) is 0 Å². The van der Waals surface area contributed by atoms with E-state index < -0.39 is 0 Å². The van der Waals surface area contributed by atoms with Crippen LogP contribution in [0.5, 0.6) is 0 Å². The Labute approximate surface area is 91.1 Å². The maximum atomic E-state index is 4.18. The third-order valence-corrected chi connectivity index (χ3v) is 3.04. The van der Waals surface area contributed by atoms with E-state index in [9.17, 15) is 0 Å². The zero-order chi connectivity index (χ0) is 10.5. The molecular formula is C13H9N3. The standard InChI is InChI=1S/C13H9N3/c1-2-4-9-7-11-12-10(6-5-8(9)3-1)15-16-13(12)14-11/h1-7H,(H2,14,15,16). The van der Waals surface area contributed by atoms with Crippen LogP contribution in [-0.4, -0.2) is 10.2 Å². The number of fused-ring (bicyclic) bond motifs is 1. The van der Waals surface area contributed by atoms with Gasteiger partial charge in [-0.2, -0.15) is 5.10 Å². The van der Waals surface area contributed by atoms with Crippen molar-refractivity contribution in [1.82, 2.24) is 10.2 Å². The van der Waals surface area contributed by atoms with Crippen LogP contribution in [0.2, 0.25) is 0 Å². The lowest BCUT2D eigenvalue weighted by atomic mass is 10.1. The third-order valence-electron chi connectivity index (χ3n) is 3.04. The van der Waals surface area contributed by atoms with Crippen molar-refractivity contribution >= 4 is 29.7 Å². The van der Waals surface area contributed by atoms with E-state index in [-0.39, 0.29) is 0 Å². The van der Waals surface area contributed by atoms with Crippen LogP contribution in [0, 0.1) is 0 Å². The Morgan fingerprint density at radius 1 is 1.00 bits per heavy atom. The Morgan fingerprint density at radius 3 is 2.81 bits per heavy atom. The van der Waals surface area contributed by atoms with Crippen molar-refractivity contribution in [3.63, 3.8) is 0 Å². The molecule has 0 saturated carbocycles. The van der Waals surface area contributed by atoms with Crippen LogP contribution in [-0.2, 0) is 0 Å². The second-order valence-electron chi connectivity index (χ2n) is 4.01. The normalized spacial score (nSPS) is 21.2. The number of H-pyrrole nitrogens is 1. The number of hydrogen-bond donors (Lipinski definition) is 2. The van der Waals surface area contributed by atoms with Crippen molar-refractivity contribution in [1.29, 1.82) is 0 Å². The first kappa shape index (κ1) is 7.93. The highest BCUT2D eigenvalue weighted by molar-refractivity contribution is 5.92. The number of benzene rings is 1. The fraction of sp³-hybridized carbons (Fsp3) is 0. The van der Waals surface area contributed by atoms with Gasteiger partial charge in [-0.1, -0.05) is 30.3 Å². The molecule has 1 aliphatic heterocycles. The number of nitrogens with one attached hydrogen (secondary N) is 2. The number of rotatable bonds is 0. The van der Waals surface area contributed by atoms with Gasteiger partial charge in [-0.3, -0.25) is 5.10 Å². The summed E-state index contributed by atoms with van der Waals surface area (Å²) < 4.78 is 0. The summed E-state index contributed by atoms with van der Waals surface area (Å²) in [5.41, 5.74) is 1.15. The molecule has 0 saturated heterocycles. The van der Waals surface area contributed by atoms with E-state index in [2.05, 4.69) is 58.0 Å². The first-order valence-electron chi connectivity index (χ1n) is 5.26. The van der Waals surface area contributed by atoms with Crippen molar-refractivity contribution in [3.8, 4) is 0 Å². The topological polar surface area (TPSA) is 40.7 Å². The van der Waals surface area contributed by atoms with Gasteiger partial charge in [0.25, 0.3) is 0 Å². The number of nitrogens with zero attached hydrogens (tertiary/aromatic N) is 1. The minimum atomic E-state index is 0.949. The van der Waals surface area contributed by atoms with E-state index in [0.717, 1.165) is 16.9 Å².